The summed E-state index contributed by atoms with van der Waals surface area (Å²) in [5, 5.41) is 7.87. The predicted molar refractivity (Wildman–Crippen MR) is 104 cm³/mol. The minimum atomic E-state index is -4.76. The second-order valence-electron chi connectivity index (χ2n) is 9.20. The quantitative estimate of drug-likeness (QED) is 0.613. The van der Waals surface area contributed by atoms with E-state index >= 15 is 0 Å². The minimum Gasteiger partial charge on any atom is -0.405 e. The molecule has 1 heterocycles. The molecule has 1 N–H and O–H groups in total. The van der Waals surface area contributed by atoms with Crippen LogP contribution in [0.25, 0.3) is 11.3 Å². The molecule has 7 heteroatoms. The Balaban J connectivity index is 1.28. The van der Waals surface area contributed by atoms with E-state index in [0.717, 1.165) is 37.0 Å². The Morgan fingerprint density at radius 1 is 1.17 bits per heavy atom. The van der Waals surface area contributed by atoms with Crippen molar-refractivity contribution in [3.05, 3.63) is 47.2 Å². The number of para-hydroxylation sites is 1. The second-order valence-corrected chi connectivity index (χ2v) is 9.20. The van der Waals surface area contributed by atoms with Gasteiger partial charge in [0.15, 0.2) is 0 Å². The number of allylic oxidation sites excluding steroid dienone is 2. The normalized spacial score (nSPS) is 29.5. The van der Waals surface area contributed by atoms with Crippen molar-refractivity contribution in [1.29, 1.82) is 0 Å². The van der Waals surface area contributed by atoms with Crippen molar-refractivity contribution in [1.82, 2.24) is 10.5 Å². The number of hydrogen-bond acceptors (Lipinski definition) is 4. The summed E-state index contributed by atoms with van der Waals surface area (Å²) < 4.78 is 48.6. The molecule has 4 aliphatic rings. The van der Waals surface area contributed by atoms with E-state index in [1.807, 2.05) is 0 Å². The van der Waals surface area contributed by atoms with Crippen molar-refractivity contribution < 1.29 is 22.4 Å². The molecule has 0 aliphatic heterocycles. The van der Waals surface area contributed by atoms with Gasteiger partial charge < -0.3 is 14.6 Å². The first-order chi connectivity index (χ1) is 14.4. The zero-order valence-electron chi connectivity index (χ0n) is 16.5. The van der Waals surface area contributed by atoms with Crippen LogP contribution in [-0.2, 0) is 6.54 Å². The highest BCUT2D eigenvalue weighted by molar-refractivity contribution is 5.70. The molecule has 0 spiro atoms. The molecule has 6 rings (SSSR count). The van der Waals surface area contributed by atoms with Gasteiger partial charge in [-0.2, -0.15) is 0 Å². The molecule has 3 fully saturated rings. The molecule has 3 saturated carbocycles. The van der Waals surface area contributed by atoms with Gasteiger partial charge in [-0.25, -0.2) is 0 Å². The summed E-state index contributed by atoms with van der Waals surface area (Å²) in [6, 6.07) is 6.57. The number of hydrogen-bond donors (Lipinski definition) is 1. The van der Waals surface area contributed by atoms with E-state index in [2.05, 4.69) is 21.3 Å². The maximum atomic E-state index is 12.9. The number of nitrogens with one attached hydrogen (secondary N) is 1. The van der Waals surface area contributed by atoms with Crippen LogP contribution in [0, 0.1) is 11.3 Å². The number of benzene rings is 1. The van der Waals surface area contributed by atoms with E-state index in [0.29, 0.717) is 41.1 Å². The maximum absolute atomic E-state index is 12.9. The summed E-state index contributed by atoms with van der Waals surface area (Å²) in [6.45, 7) is 0.549. The Bertz CT molecular complexity index is 1020. The van der Waals surface area contributed by atoms with Gasteiger partial charge in [0.05, 0.1) is 0 Å². The van der Waals surface area contributed by atoms with E-state index in [-0.39, 0.29) is 5.75 Å². The van der Waals surface area contributed by atoms with Crippen LogP contribution in [0.1, 0.15) is 55.8 Å². The van der Waals surface area contributed by atoms with Crippen molar-refractivity contribution in [3.8, 4) is 17.0 Å². The third-order valence-corrected chi connectivity index (χ3v) is 7.18. The van der Waals surface area contributed by atoms with Gasteiger partial charge in [-0.1, -0.05) is 28.9 Å². The molecule has 3 atom stereocenters. The lowest BCUT2D eigenvalue weighted by atomic mass is 9.84. The highest BCUT2D eigenvalue weighted by Gasteiger charge is 2.56. The second kappa shape index (κ2) is 6.36. The summed E-state index contributed by atoms with van der Waals surface area (Å²) in [5.74, 6) is 1.59. The van der Waals surface area contributed by atoms with Gasteiger partial charge in [0.1, 0.15) is 17.2 Å². The molecule has 2 aromatic rings. The summed E-state index contributed by atoms with van der Waals surface area (Å²) in [5.41, 5.74) is 3.69. The molecule has 158 valence electrons. The average Bonchev–Trinajstić information content (AvgIpc) is 3.61. The van der Waals surface area contributed by atoms with Crippen molar-refractivity contribution in [2.75, 3.05) is 0 Å². The Labute approximate surface area is 172 Å². The van der Waals surface area contributed by atoms with E-state index in [9.17, 15) is 13.2 Å². The van der Waals surface area contributed by atoms with Crippen LogP contribution in [0.2, 0.25) is 0 Å². The van der Waals surface area contributed by atoms with E-state index < -0.39 is 6.36 Å². The van der Waals surface area contributed by atoms with Crippen LogP contribution >= 0.6 is 0 Å². The lowest BCUT2D eigenvalue weighted by Crippen LogP contribution is -2.35. The van der Waals surface area contributed by atoms with Crippen LogP contribution < -0.4 is 10.1 Å². The molecule has 1 aromatic heterocycles. The van der Waals surface area contributed by atoms with Crippen LogP contribution in [0.3, 0.4) is 0 Å². The number of alkyl halides is 3. The monoisotopic (exact) mass is 416 g/mol. The zero-order valence-corrected chi connectivity index (χ0v) is 16.5. The Kier molecular flexibility index (Phi) is 3.92. The topological polar surface area (TPSA) is 47.3 Å². The summed E-state index contributed by atoms with van der Waals surface area (Å²) in [7, 11) is 0. The highest BCUT2D eigenvalue weighted by atomic mass is 19.4. The van der Waals surface area contributed by atoms with Crippen molar-refractivity contribution in [2.24, 2.45) is 11.3 Å². The SMILES string of the molecule is FC(F)(F)Oc1ccccc1-c1noc(C2CC2)c1CNC1CC2CCC3(C=C23)C1. The molecule has 0 amide bonds. The third-order valence-electron chi connectivity index (χ3n) is 7.18. The van der Waals surface area contributed by atoms with Gasteiger partial charge in [-0.05, 0) is 56.6 Å². The molecule has 4 aliphatic carbocycles. The van der Waals surface area contributed by atoms with Gasteiger partial charge >= 0.3 is 6.36 Å². The summed E-state index contributed by atoms with van der Waals surface area (Å²) in [4.78, 5) is 0. The Morgan fingerprint density at radius 2 is 2.00 bits per heavy atom. The lowest BCUT2D eigenvalue weighted by molar-refractivity contribution is -0.274. The number of nitrogens with zero attached hydrogens (tertiary/aromatic N) is 1. The largest absolute Gasteiger partial charge is 0.573 e. The zero-order chi connectivity index (χ0) is 20.5. The maximum Gasteiger partial charge on any atom is 0.573 e. The smallest absolute Gasteiger partial charge is 0.405 e. The van der Waals surface area contributed by atoms with Gasteiger partial charge in [0, 0.05) is 35.0 Å². The fraction of sp³-hybridized carbons (Fsp3) is 0.522. The van der Waals surface area contributed by atoms with Gasteiger partial charge in [0.25, 0.3) is 0 Å². The number of rotatable bonds is 6. The molecule has 4 nitrogen and oxygen atoms in total. The summed E-state index contributed by atoms with van der Waals surface area (Å²) >= 11 is 0. The molecular weight excluding hydrogens is 393 g/mol. The molecule has 30 heavy (non-hydrogen) atoms. The van der Waals surface area contributed by atoms with E-state index in [4.69, 9.17) is 4.52 Å². The standard InChI is InChI=1S/C23H23F3N2O2/c24-23(25,26)29-19-4-2-1-3-16(19)20-17(21(30-28-20)13-5-6-13)12-27-15-9-14-7-8-22(10-15)11-18(14)22/h1-4,11,13-15,27H,5-10,12H2. The average molecular weight is 416 g/mol. The molecule has 0 saturated heterocycles. The molecular formula is C23H23F3N2O2. The minimum absolute atomic E-state index is 0.247. The fourth-order valence-corrected chi connectivity index (χ4v) is 5.63. The number of ether oxygens (including phenoxy) is 1. The van der Waals surface area contributed by atoms with Crippen LogP contribution in [-0.4, -0.2) is 17.6 Å². The number of aromatic nitrogens is 1. The van der Waals surface area contributed by atoms with Crippen molar-refractivity contribution in [2.45, 2.75) is 63.4 Å². The third kappa shape index (κ3) is 3.14. The van der Waals surface area contributed by atoms with Crippen LogP contribution in [0.4, 0.5) is 13.2 Å². The predicted octanol–water partition coefficient (Wildman–Crippen LogP) is 5.71. The Hall–Kier alpha value is -2.28. The van der Waals surface area contributed by atoms with Crippen LogP contribution in [0.15, 0.2) is 40.4 Å². The molecule has 2 bridgehead atoms. The van der Waals surface area contributed by atoms with E-state index in [1.54, 1.807) is 17.7 Å². The first kappa shape index (κ1) is 18.5. The molecule has 0 radical (unpaired) electrons. The molecule has 1 aromatic carbocycles. The molecule has 3 unspecified atom stereocenters. The van der Waals surface area contributed by atoms with E-state index in [1.165, 1.54) is 25.0 Å². The van der Waals surface area contributed by atoms with Gasteiger partial charge in [-0.3, -0.25) is 0 Å². The highest BCUT2D eigenvalue weighted by Crippen LogP contribution is 2.66. The van der Waals surface area contributed by atoms with Crippen molar-refractivity contribution >= 4 is 0 Å². The number of halogens is 3. The Morgan fingerprint density at radius 3 is 2.73 bits per heavy atom. The van der Waals surface area contributed by atoms with Crippen LogP contribution in [0.5, 0.6) is 5.75 Å². The first-order valence-corrected chi connectivity index (χ1v) is 10.7. The van der Waals surface area contributed by atoms with Gasteiger partial charge in [-0.15, -0.1) is 13.2 Å². The van der Waals surface area contributed by atoms with Gasteiger partial charge in [0.2, 0.25) is 0 Å². The van der Waals surface area contributed by atoms with Crippen molar-refractivity contribution in [3.63, 3.8) is 0 Å². The first-order valence-electron chi connectivity index (χ1n) is 10.7. The summed E-state index contributed by atoms with van der Waals surface area (Å²) in [6.07, 6.45) is 4.60. The lowest BCUT2D eigenvalue weighted by Gasteiger charge is -2.28. The fourth-order valence-electron chi connectivity index (χ4n) is 5.63.